The van der Waals surface area contributed by atoms with E-state index in [9.17, 15) is 0 Å². The molecule has 1 saturated carbocycles. The second-order valence-electron chi connectivity index (χ2n) is 7.70. The minimum absolute atomic E-state index is 0. The first kappa shape index (κ1) is 23.2. The molecule has 1 fully saturated rings. The number of nitrogens with one attached hydrogen (secondary N) is 1. The van der Waals surface area contributed by atoms with Crippen LogP contribution in [0.1, 0.15) is 36.8 Å². The van der Waals surface area contributed by atoms with Crippen LogP contribution in [-0.2, 0) is 12.1 Å². The first-order valence-corrected chi connectivity index (χ1v) is 10.5. The van der Waals surface area contributed by atoms with E-state index in [2.05, 4.69) is 84.3 Å². The highest BCUT2D eigenvalue weighted by Gasteiger charge is 2.38. The zero-order valence-electron chi connectivity index (χ0n) is 16.6. The third-order valence-corrected chi connectivity index (χ3v) is 7.13. The fourth-order valence-corrected chi connectivity index (χ4v) is 5.43. The largest absolute Gasteiger partial charge is 0.310 e. The van der Waals surface area contributed by atoms with E-state index in [1.807, 2.05) is 11.3 Å². The molecule has 4 rings (SSSR count). The van der Waals surface area contributed by atoms with Crippen molar-refractivity contribution < 1.29 is 0 Å². The van der Waals surface area contributed by atoms with Crippen molar-refractivity contribution in [1.82, 2.24) is 10.2 Å². The van der Waals surface area contributed by atoms with Crippen molar-refractivity contribution in [3.63, 3.8) is 0 Å². The number of rotatable bonds is 5. The van der Waals surface area contributed by atoms with E-state index in [1.165, 1.54) is 46.9 Å². The quantitative estimate of drug-likeness (QED) is 0.509. The molecule has 0 atom stereocenters. The standard InChI is InChI=1S/C23H28N2S.2ClH/c1-25(2)23(19-8-4-3-5-9-19)14-12-20(13-15-23)24-16-18-17-26-22-11-7-6-10-21(18)22;;/h3-11,17,20,24H,12-16H2,1-2H3;2*1H. The van der Waals surface area contributed by atoms with Gasteiger partial charge in [-0.1, -0.05) is 48.5 Å². The number of fused-ring (bicyclic) bond motifs is 1. The summed E-state index contributed by atoms with van der Waals surface area (Å²) in [6.07, 6.45) is 4.89. The van der Waals surface area contributed by atoms with Crippen molar-refractivity contribution >= 4 is 46.2 Å². The van der Waals surface area contributed by atoms with Crippen molar-refractivity contribution in [3.8, 4) is 0 Å². The van der Waals surface area contributed by atoms with Crippen LogP contribution in [0.15, 0.2) is 60.0 Å². The van der Waals surface area contributed by atoms with Crippen LogP contribution < -0.4 is 5.32 Å². The average Bonchev–Trinajstić information content (AvgIpc) is 3.10. The Morgan fingerprint density at radius 3 is 2.29 bits per heavy atom. The number of hydrogen-bond acceptors (Lipinski definition) is 3. The summed E-state index contributed by atoms with van der Waals surface area (Å²) in [5.74, 6) is 0. The molecule has 3 aromatic rings. The van der Waals surface area contributed by atoms with Gasteiger partial charge in [-0.25, -0.2) is 0 Å². The third-order valence-electron chi connectivity index (χ3n) is 6.12. The minimum Gasteiger partial charge on any atom is -0.310 e. The van der Waals surface area contributed by atoms with Gasteiger partial charge in [-0.3, -0.25) is 4.90 Å². The van der Waals surface area contributed by atoms with Crippen molar-refractivity contribution in [2.75, 3.05) is 14.1 Å². The topological polar surface area (TPSA) is 15.3 Å². The molecule has 0 spiro atoms. The van der Waals surface area contributed by atoms with E-state index in [0.717, 1.165) is 6.54 Å². The first-order valence-electron chi connectivity index (χ1n) is 9.60. The van der Waals surface area contributed by atoms with Gasteiger partial charge in [0.2, 0.25) is 0 Å². The van der Waals surface area contributed by atoms with Gasteiger partial charge >= 0.3 is 0 Å². The Labute approximate surface area is 185 Å². The van der Waals surface area contributed by atoms with Gasteiger partial charge in [-0.15, -0.1) is 36.2 Å². The second-order valence-corrected chi connectivity index (χ2v) is 8.62. The molecule has 0 amide bonds. The van der Waals surface area contributed by atoms with Crippen LogP contribution in [0.2, 0.25) is 0 Å². The lowest BCUT2D eigenvalue weighted by Gasteiger charge is -2.45. The van der Waals surface area contributed by atoms with Crippen LogP contribution in [0.4, 0.5) is 0 Å². The Morgan fingerprint density at radius 1 is 0.964 bits per heavy atom. The maximum atomic E-state index is 3.83. The smallest absolute Gasteiger partial charge is 0.0455 e. The Balaban J connectivity index is 0.00000140. The van der Waals surface area contributed by atoms with Gasteiger partial charge in [0.25, 0.3) is 0 Å². The number of thiophene rings is 1. The summed E-state index contributed by atoms with van der Waals surface area (Å²) < 4.78 is 1.39. The molecule has 152 valence electrons. The summed E-state index contributed by atoms with van der Waals surface area (Å²) in [6, 6.07) is 20.4. The molecule has 5 heteroatoms. The van der Waals surface area contributed by atoms with Gasteiger partial charge in [0, 0.05) is 22.8 Å². The zero-order valence-corrected chi connectivity index (χ0v) is 19.0. The van der Waals surface area contributed by atoms with Crippen LogP contribution in [0.3, 0.4) is 0 Å². The van der Waals surface area contributed by atoms with E-state index in [0.29, 0.717) is 6.04 Å². The lowest BCUT2D eigenvalue weighted by Crippen LogP contribution is -2.47. The highest BCUT2D eigenvalue weighted by atomic mass is 35.5. The summed E-state index contributed by atoms with van der Waals surface area (Å²) in [5, 5.41) is 7.56. The number of hydrogen-bond donors (Lipinski definition) is 1. The molecule has 2 nitrogen and oxygen atoms in total. The summed E-state index contributed by atoms with van der Waals surface area (Å²) in [7, 11) is 4.47. The molecular weight excluding hydrogens is 407 g/mol. The van der Waals surface area contributed by atoms with Crippen LogP contribution in [0.25, 0.3) is 10.1 Å². The highest BCUT2D eigenvalue weighted by molar-refractivity contribution is 7.17. The van der Waals surface area contributed by atoms with Gasteiger partial charge in [0.1, 0.15) is 0 Å². The molecule has 1 aromatic heterocycles. The lowest BCUT2D eigenvalue weighted by molar-refractivity contribution is 0.0853. The predicted molar refractivity (Wildman–Crippen MR) is 127 cm³/mol. The molecule has 0 aliphatic heterocycles. The summed E-state index contributed by atoms with van der Waals surface area (Å²) in [6.45, 7) is 0.981. The molecular formula is C23H30Cl2N2S. The highest BCUT2D eigenvalue weighted by Crippen LogP contribution is 2.41. The lowest BCUT2D eigenvalue weighted by atomic mass is 9.74. The Hall–Kier alpha value is -1.10. The fraction of sp³-hybridized carbons (Fsp3) is 0.391. The molecule has 28 heavy (non-hydrogen) atoms. The molecule has 0 saturated heterocycles. The van der Waals surface area contributed by atoms with Crippen LogP contribution >= 0.6 is 36.2 Å². The number of benzene rings is 2. The van der Waals surface area contributed by atoms with Crippen LogP contribution in [0, 0.1) is 0 Å². The minimum atomic E-state index is 0. The molecule has 1 aliphatic rings. The normalized spacial score (nSPS) is 21.9. The molecule has 0 unspecified atom stereocenters. The molecule has 1 heterocycles. The van der Waals surface area contributed by atoms with Gasteiger partial charge in [-0.05, 0) is 67.7 Å². The van der Waals surface area contributed by atoms with E-state index in [4.69, 9.17) is 0 Å². The first-order chi connectivity index (χ1) is 12.7. The van der Waals surface area contributed by atoms with E-state index in [1.54, 1.807) is 0 Å². The van der Waals surface area contributed by atoms with E-state index in [-0.39, 0.29) is 30.4 Å². The summed E-state index contributed by atoms with van der Waals surface area (Å²) >= 11 is 1.85. The third kappa shape index (κ3) is 4.55. The zero-order chi connectivity index (χ0) is 18.0. The van der Waals surface area contributed by atoms with Gasteiger partial charge < -0.3 is 5.32 Å². The SMILES string of the molecule is CN(C)C1(c2ccccc2)CCC(NCc2csc3ccccc23)CC1.Cl.Cl. The molecule has 0 bridgehead atoms. The monoisotopic (exact) mass is 436 g/mol. The Bertz CT molecular complexity index is 855. The average molecular weight is 437 g/mol. The Morgan fingerprint density at radius 2 is 1.61 bits per heavy atom. The number of halogens is 2. The van der Waals surface area contributed by atoms with Crippen molar-refractivity contribution in [1.29, 1.82) is 0 Å². The van der Waals surface area contributed by atoms with Crippen LogP contribution in [0.5, 0.6) is 0 Å². The van der Waals surface area contributed by atoms with Crippen molar-refractivity contribution in [2.45, 2.75) is 43.8 Å². The molecule has 2 aromatic carbocycles. The van der Waals surface area contributed by atoms with Crippen LogP contribution in [-0.4, -0.2) is 25.0 Å². The molecule has 1 aliphatic carbocycles. The van der Waals surface area contributed by atoms with Gasteiger partial charge in [-0.2, -0.15) is 0 Å². The van der Waals surface area contributed by atoms with Crippen molar-refractivity contribution in [3.05, 3.63) is 71.1 Å². The maximum Gasteiger partial charge on any atom is 0.0455 e. The number of nitrogens with zero attached hydrogens (tertiary/aromatic N) is 1. The van der Waals surface area contributed by atoms with E-state index >= 15 is 0 Å². The second kappa shape index (κ2) is 10.1. The Kier molecular flexibility index (Phi) is 8.35. The summed E-state index contributed by atoms with van der Waals surface area (Å²) in [4.78, 5) is 2.44. The maximum absolute atomic E-state index is 3.83. The van der Waals surface area contributed by atoms with Gasteiger partial charge in [0.05, 0.1) is 0 Å². The predicted octanol–water partition coefficient (Wildman–Crippen LogP) is 6.23. The van der Waals surface area contributed by atoms with Crippen molar-refractivity contribution in [2.24, 2.45) is 0 Å². The van der Waals surface area contributed by atoms with Gasteiger partial charge in [0.15, 0.2) is 0 Å². The van der Waals surface area contributed by atoms with E-state index < -0.39 is 0 Å². The fourth-order valence-electron chi connectivity index (χ4n) is 4.47. The summed E-state index contributed by atoms with van der Waals surface area (Å²) in [5.41, 5.74) is 3.10. The molecule has 0 radical (unpaired) electrons. The molecule has 1 N–H and O–H groups in total.